The number of benzene rings is 2. The number of ether oxygens (including phenoxy) is 1. The highest BCUT2D eigenvalue weighted by atomic mass is 32.2. The Hall–Kier alpha value is -2.80. The van der Waals surface area contributed by atoms with E-state index < -0.39 is 5.91 Å². The molecule has 6 nitrogen and oxygen atoms in total. The molecular weight excluding hydrogens is 336 g/mol. The van der Waals surface area contributed by atoms with Crippen LogP contribution in [0.15, 0.2) is 59.8 Å². The van der Waals surface area contributed by atoms with E-state index in [1.54, 1.807) is 0 Å². The van der Waals surface area contributed by atoms with Crippen molar-refractivity contribution in [3.63, 3.8) is 0 Å². The largest absolute Gasteiger partial charge is 0.482 e. The maximum Gasteiger partial charge on any atom is 0.227 e. The molecule has 0 aliphatic carbocycles. The third kappa shape index (κ3) is 3.10. The normalized spacial score (nSPS) is 15.6. The zero-order valence-electron chi connectivity index (χ0n) is 13.3. The van der Waals surface area contributed by atoms with Crippen molar-refractivity contribution in [3.8, 4) is 11.4 Å². The number of para-hydroxylation sites is 2. The number of primary amides is 1. The van der Waals surface area contributed by atoms with E-state index in [0.717, 1.165) is 29.2 Å². The summed E-state index contributed by atoms with van der Waals surface area (Å²) in [4.78, 5) is 11.2. The van der Waals surface area contributed by atoms with Crippen LogP contribution in [0.5, 0.6) is 5.75 Å². The van der Waals surface area contributed by atoms with E-state index in [-0.39, 0.29) is 11.9 Å². The Morgan fingerprint density at radius 3 is 2.68 bits per heavy atom. The van der Waals surface area contributed by atoms with E-state index >= 15 is 0 Å². The predicted molar refractivity (Wildman–Crippen MR) is 94.8 cm³/mol. The molecule has 1 aromatic heterocycles. The number of carbonyl (C=O) groups excluding carboxylic acids is 1. The first kappa shape index (κ1) is 15.7. The lowest BCUT2D eigenvalue weighted by atomic mass is 10.1. The second-order valence-electron chi connectivity index (χ2n) is 5.69. The molecule has 1 amide bonds. The Morgan fingerprint density at radius 2 is 1.92 bits per heavy atom. The fourth-order valence-corrected chi connectivity index (χ4v) is 3.56. The second kappa shape index (κ2) is 6.60. The number of aromatic nitrogens is 3. The minimum Gasteiger partial charge on any atom is -0.482 e. The maximum absolute atomic E-state index is 11.2. The van der Waals surface area contributed by atoms with E-state index in [4.69, 9.17) is 10.5 Å². The van der Waals surface area contributed by atoms with Crippen LogP contribution in [0.25, 0.3) is 5.69 Å². The van der Waals surface area contributed by atoms with Crippen LogP contribution in [0, 0.1) is 0 Å². The topological polar surface area (TPSA) is 83.0 Å². The molecule has 0 spiro atoms. The minimum atomic E-state index is -0.390. The van der Waals surface area contributed by atoms with Gasteiger partial charge in [-0.15, -0.1) is 10.2 Å². The summed E-state index contributed by atoms with van der Waals surface area (Å²) < 4.78 is 8.00. The molecule has 25 heavy (non-hydrogen) atoms. The van der Waals surface area contributed by atoms with E-state index in [1.807, 2.05) is 53.1 Å². The Kier molecular flexibility index (Phi) is 4.15. The zero-order valence-corrected chi connectivity index (χ0v) is 14.1. The second-order valence-corrected chi connectivity index (χ2v) is 6.63. The van der Waals surface area contributed by atoms with Gasteiger partial charge in [-0.05, 0) is 23.8 Å². The van der Waals surface area contributed by atoms with Crippen molar-refractivity contribution in [1.82, 2.24) is 14.8 Å². The number of hydrogen-bond acceptors (Lipinski definition) is 5. The predicted octanol–water partition coefficient (Wildman–Crippen LogP) is 2.52. The van der Waals surface area contributed by atoms with Gasteiger partial charge in [-0.3, -0.25) is 9.36 Å². The summed E-state index contributed by atoms with van der Waals surface area (Å²) in [6.45, 7) is 0. The first-order chi connectivity index (χ1) is 12.2. The summed E-state index contributed by atoms with van der Waals surface area (Å²) in [7, 11) is 0. The quantitative estimate of drug-likeness (QED) is 0.714. The van der Waals surface area contributed by atoms with Crippen LogP contribution in [0.1, 0.15) is 17.5 Å². The van der Waals surface area contributed by atoms with E-state index in [1.165, 1.54) is 11.8 Å². The summed E-state index contributed by atoms with van der Waals surface area (Å²) in [5.74, 6) is 1.35. The van der Waals surface area contributed by atoms with Gasteiger partial charge in [-0.25, -0.2) is 0 Å². The molecule has 7 heteroatoms. The average molecular weight is 352 g/mol. The Balaban J connectivity index is 1.72. The molecule has 0 saturated carbocycles. The molecule has 1 unspecified atom stereocenters. The molecule has 4 rings (SSSR count). The van der Waals surface area contributed by atoms with Crippen molar-refractivity contribution in [2.75, 3.05) is 5.75 Å². The lowest BCUT2D eigenvalue weighted by Gasteiger charge is -2.14. The summed E-state index contributed by atoms with van der Waals surface area (Å²) in [6.07, 6.45) is 0.523. The van der Waals surface area contributed by atoms with Crippen LogP contribution in [0.4, 0.5) is 0 Å². The lowest BCUT2D eigenvalue weighted by Crippen LogP contribution is -2.15. The van der Waals surface area contributed by atoms with Crippen LogP contribution < -0.4 is 10.5 Å². The van der Waals surface area contributed by atoms with E-state index in [0.29, 0.717) is 5.16 Å². The SMILES string of the molecule is NC(=O)CSc1nnc(C2Cc3ccccc3O2)n1-c1ccccc1. The van der Waals surface area contributed by atoms with Gasteiger partial charge in [0.25, 0.3) is 0 Å². The fourth-order valence-electron chi connectivity index (χ4n) is 2.86. The molecular formula is C18H16N4O2S. The molecule has 0 radical (unpaired) electrons. The van der Waals surface area contributed by atoms with Crippen LogP contribution >= 0.6 is 11.8 Å². The number of carbonyl (C=O) groups is 1. The van der Waals surface area contributed by atoms with Crippen molar-refractivity contribution in [2.45, 2.75) is 17.7 Å². The third-order valence-electron chi connectivity index (χ3n) is 3.95. The molecule has 3 aromatic rings. The first-order valence-corrected chi connectivity index (χ1v) is 8.87. The van der Waals surface area contributed by atoms with Crippen molar-refractivity contribution in [1.29, 1.82) is 0 Å². The zero-order chi connectivity index (χ0) is 17.2. The van der Waals surface area contributed by atoms with E-state index in [2.05, 4.69) is 16.3 Å². The molecule has 1 aliphatic heterocycles. The molecule has 2 heterocycles. The Bertz CT molecular complexity index is 885. The van der Waals surface area contributed by atoms with Crippen LogP contribution in [0.3, 0.4) is 0 Å². The number of fused-ring (bicyclic) bond motifs is 1. The van der Waals surface area contributed by atoms with Crippen molar-refractivity contribution in [2.24, 2.45) is 5.73 Å². The molecule has 126 valence electrons. The summed E-state index contributed by atoms with van der Waals surface area (Å²) >= 11 is 1.27. The highest BCUT2D eigenvalue weighted by Gasteiger charge is 2.30. The molecule has 2 N–H and O–H groups in total. The standard InChI is InChI=1S/C18H16N4O2S/c19-16(23)11-25-18-21-20-17(22(18)13-7-2-1-3-8-13)15-10-12-6-4-5-9-14(12)24-15/h1-9,15H,10-11H2,(H2,19,23). The van der Waals surface area contributed by atoms with Gasteiger partial charge >= 0.3 is 0 Å². The Morgan fingerprint density at radius 1 is 1.16 bits per heavy atom. The van der Waals surface area contributed by atoms with Gasteiger partial charge in [0.15, 0.2) is 17.1 Å². The minimum absolute atomic E-state index is 0.150. The third-order valence-corrected chi connectivity index (χ3v) is 4.90. The average Bonchev–Trinajstić information content (AvgIpc) is 3.24. The van der Waals surface area contributed by atoms with Crippen LogP contribution in [0.2, 0.25) is 0 Å². The van der Waals surface area contributed by atoms with Crippen LogP contribution in [-0.2, 0) is 11.2 Å². The molecule has 2 aromatic carbocycles. The van der Waals surface area contributed by atoms with Crippen molar-refractivity contribution < 1.29 is 9.53 Å². The van der Waals surface area contributed by atoms with Gasteiger partial charge in [0.05, 0.1) is 5.75 Å². The van der Waals surface area contributed by atoms with Crippen molar-refractivity contribution >= 4 is 17.7 Å². The first-order valence-electron chi connectivity index (χ1n) is 7.89. The van der Waals surface area contributed by atoms with Crippen molar-refractivity contribution in [3.05, 3.63) is 66.0 Å². The molecule has 0 saturated heterocycles. The number of hydrogen-bond donors (Lipinski definition) is 1. The van der Waals surface area contributed by atoms with Crippen LogP contribution in [-0.4, -0.2) is 26.4 Å². The smallest absolute Gasteiger partial charge is 0.227 e. The fraction of sp³-hybridized carbons (Fsp3) is 0.167. The number of nitrogens with two attached hydrogens (primary N) is 1. The number of thioether (sulfide) groups is 1. The number of rotatable bonds is 5. The highest BCUT2D eigenvalue weighted by molar-refractivity contribution is 7.99. The Labute approximate surface area is 149 Å². The maximum atomic E-state index is 11.2. The monoisotopic (exact) mass is 352 g/mol. The van der Waals surface area contributed by atoms with Gasteiger partial charge in [-0.1, -0.05) is 48.2 Å². The molecule has 1 atom stereocenters. The van der Waals surface area contributed by atoms with E-state index in [9.17, 15) is 4.79 Å². The summed E-state index contributed by atoms with van der Waals surface area (Å²) in [5, 5.41) is 9.24. The molecule has 1 aliphatic rings. The summed E-state index contributed by atoms with van der Waals surface area (Å²) in [5.41, 5.74) is 7.35. The lowest BCUT2D eigenvalue weighted by molar-refractivity contribution is -0.115. The van der Waals surface area contributed by atoms with Gasteiger partial charge in [0, 0.05) is 12.1 Å². The van der Waals surface area contributed by atoms with Gasteiger partial charge in [-0.2, -0.15) is 0 Å². The highest BCUT2D eigenvalue weighted by Crippen LogP contribution is 2.37. The number of amides is 1. The van der Waals surface area contributed by atoms with Gasteiger partial charge < -0.3 is 10.5 Å². The van der Waals surface area contributed by atoms with Gasteiger partial charge in [0.1, 0.15) is 5.75 Å². The molecule has 0 fully saturated rings. The van der Waals surface area contributed by atoms with Gasteiger partial charge in [0.2, 0.25) is 5.91 Å². The number of nitrogens with zero attached hydrogens (tertiary/aromatic N) is 3. The molecule has 0 bridgehead atoms. The summed E-state index contributed by atoms with van der Waals surface area (Å²) in [6, 6.07) is 17.8.